The molecular weight excluding hydrogens is 362 g/mol. The maximum Gasteiger partial charge on any atom is 0.269 e. The highest BCUT2D eigenvalue weighted by molar-refractivity contribution is 9.10. The summed E-state index contributed by atoms with van der Waals surface area (Å²) in [6, 6.07) is 13.8. The van der Waals surface area contributed by atoms with Crippen LogP contribution in [0, 0.1) is 10.1 Å². The Labute approximate surface area is 139 Å². The average Bonchev–Trinajstić information content (AvgIpc) is 3.02. The maximum absolute atomic E-state index is 10.6. The molecule has 0 aliphatic carbocycles. The van der Waals surface area contributed by atoms with Crippen LogP contribution in [0.15, 0.2) is 57.4 Å². The minimum atomic E-state index is -0.435. The second-order valence-corrected chi connectivity index (χ2v) is 5.55. The van der Waals surface area contributed by atoms with E-state index in [9.17, 15) is 10.1 Å². The number of benzene rings is 2. The summed E-state index contributed by atoms with van der Waals surface area (Å²) in [5.74, 6) is 0.785. The Morgan fingerprint density at radius 3 is 2.57 bits per heavy atom. The van der Waals surface area contributed by atoms with E-state index >= 15 is 0 Å². The predicted octanol–water partition coefficient (Wildman–Crippen LogP) is 4.58. The van der Waals surface area contributed by atoms with Crippen LogP contribution in [0.3, 0.4) is 0 Å². The number of nitro benzene ring substituents is 1. The van der Waals surface area contributed by atoms with E-state index in [2.05, 4.69) is 26.1 Å². The van der Waals surface area contributed by atoms with Gasteiger partial charge in [-0.05, 0) is 42.0 Å². The molecule has 0 bridgehead atoms. The summed E-state index contributed by atoms with van der Waals surface area (Å²) >= 11 is 3.39. The summed E-state index contributed by atoms with van der Waals surface area (Å²) in [6.07, 6.45) is 3.41. The highest BCUT2D eigenvalue weighted by Crippen LogP contribution is 2.22. The smallest absolute Gasteiger partial charge is 0.269 e. The summed E-state index contributed by atoms with van der Waals surface area (Å²) in [7, 11) is 0. The van der Waals surface area contributed by atoms with Gasteiger partial charge in [0.05, 0.1) is 4.92 Å². The lowest BCUT2D eigenvalue weighted by molar-refractivity contribution is -0.384. The third-order valence-corrected chi connectivity index (χ3v) is 3.53. The fourth-order valence-corrected chi connectivity index (χ4v) is 2.31. The fourth-order valence-electron chi connectivity index (χ4n) is 1.91. The predicted molar refractivity (Wildman–Crippen MR) is 89.5 cm³/mol. The summed E-state index contributed by atoms with van der Waals surface area (Å²) in [5.41, 5.74) is 1.68. The third kappa shape index (κ3) is 3.70. The SMILES string of the molecule is O=[N+]([O-])c1ccc(/C=C/c2nnc(-c3cccc(Br)c3)o2)cc1. The zero-order chi connectivity index (χ0) is 16.2. The lowest BCUT2D eigenvalue weighted by atomic mass is 10.2. The number of halogens is 1. The van der Waals surface area contributed by atoms with Gasteiger partial charge in [0.15, 0.2) is 0 Å². The molecule has 0 aliphatic heterocycles. The van der Waals surface area contributed by atoms with E-state index in [-0.39, 0.29) is 5.69 Å². The number of hydrogen-bond donors (Lipinski definition) is 0. The van der Waals surface area contributed by atoms with Crippen molar-refractivity contribution in [3.05, 3.63) is 74.6 Å². The Kier molecular flexibility index (Phi) is 4.29. The van der Waals surface area contributed by atoms with Crippen LogP contribution < -0.4 is 0 Å². The molecule has 2 aromatic carbocycles. The molecule has 0 unspecified atom stereocenters. The van der Waals surface area contributed by atoms with Crippen molar-refractivity contribution in [3.8, 4) is 11.5 Å². The van der Waals surface area contributed by atoms with Crippen molar-refractivity contribution in [2.45, 2.75) is 0 Å². The van der Waals surface area contributed by atoms with Crippen LogP contribution in [0.25, 0.3) is 23.6 Å². The molecule has 0 aliphatic rings. The molecule has 0 radical (unpaired) electrons. The summed E-state index contributed by atoms with van der Waals surface area (Å²) in [5, 5.41) is 18.6. The Balaban J connectivity index is 1.77. The summed E-state index contributed by atoms with van der Waals surface area (Å²) < 4.78 is 6.50. The highest BCUT2D eigenvalue weighted by Gasteiger charge is 2.07. The molecule has 1 heterocycles. The normalized spacial score (nSPS) is 11.0. The molecule has 0 spiro atoms. The standard InChI is InChI=1S/C16H10BrN3O3/c17-13-3-1-2-12(10-13)16-19-18-15(23-16)9-6-11-4-7-14(8-5-11)20(21)22/h1-10H/b9-6+. The van der Waals surface area contributed by atoms with Crippen LogP contribution in [0.2, 0.25) is 0 Å². The Morgan fingerprint density at radius 1 is 1.09 bits per heavy atom. The molecule has 0 saturated heterocycles. The molecule has 0 N–H and O–H groups in total. The van der Waals surface area contributed by atoms with Crippen LogP contribution in [-0.2, 0) is 0 Å². The zero-order valence-electron chi connectivity index (χ0n) is 11.7. The first-order chi connectivity index (χ1) is 11.1. The van der Waals surface area contributed by atoms with E-state index in [0.717, 1.165) is 15.6 Å². The highest BCUT2D eigenvalue weighted by atomic mass is 79.9. The lowest BCUT2D eigenvalue weighted by Crippen LogP contribution is -1.86. The number of rotatable bonds is 4. The monoisotopic (exact) mass is 371 g/mol. The Morgan fingerprint density at radius 2 is 1.87 bits per heavy atom. The molecule has 0 atom stereocenters. The number of nitro groups is 1. The van der Waals surface area contributed by atoms with Crippen molar-refractivity contribution >= 4 is 33.8 Å². The number of nitrogens with zero attached hydrogens (tertiary/aromatic N) is 3. The van der Waals surface area contributed by atoms with Crippen molar-refractivity contribution in [2.75, 3.05) is 0 Å². The molecule has 0 fully saturated rings. The second-order valence-electron chi connectivity index (χ2n) is 4.64. The summed E-state index contributed by atoms with van der Waals surface area (Å²) in [6.45, 7) is 0. The van der Waals surface area contributed by atoms with Crippen LogP contribution >= 0.6 is 15.9 Å². The molecule has 0 amide bonds. The molecule has 114 valence electrons. The van der Waals surface area contributed by atoms with Gasteiger partial charge in [-0.2, -0.15) is 0 Å². The minimum Gasteiger partial charge on any atom is -0.417 e. The van der Waals surface area contributed by atoms with Gasteiger partial charge in [0.2, 0.25) is 11.8 Å². The van der Waals surface area contributed by atoms with Gasteiger partial charge in [-0.1, -0.05) is 22.0 Å². The van der Waals surface area contributed by atoms with Gasteiger partial charge in [0.1, 0.15) is 0 Å². The van der Waals surface area contributed by atoms with Crippen molar-refractivity contribution < 1.29 is 9.34 Å². The molecule has 23 heavy (non-hydrogen) atoms. The van der Waals surface area contributed by atoms with Gasteiger partial charge in [-0.25, -0.2) is 0 Å². The topological polar surface area (TPSA) is 82.1 Å². The fraction of sp³-hybridized carbons (Fsp3) is 0. The van der Waals surface area contributed by atoms with E-state index in [1.165, 1.54) is 12.1 Å². The van der Waals surface area contributed by atoms with E-state index in [1.807, 2.05) is 24.3 Å². The van der Waals surface area contributed by atoms with Crippen molar-refractivity contribution in [1.29, 1.82) is 0 Å². The van der Waals surface area contributed by atoms with E-state index in [1.54, 1.807) is 24.3 Å². The van der Waals surface area contributed by atoms with Crippen LogP contribution in [0.1, 0.15) is 11.5 Å². The molecular formula is C16H10BrN3O3. The van der Waals surface area contributed by atoms with Gasteiger partial charge in [0.25, 0.3) is 5.69 Å². The summed E-state index contributed by atoms with van der Waals surface area (Å²) in [4.78, 5) is 10.2. The van der Waals surface area contributed by atoms with Crippen molar-refractivity contribution in [2.24, 2.45) is 0 Å². The molecule has 3 aromatic rings. The third-order valence-electron chi connectivity index (χ3n) is 3.03. The number of aromatic nitrogens is 2. The maximum atomic E-state index is 10.6. The average molecular weight is 372 g/mol. The zero-order valence-corrected chi connectivity index (χ0v) is 13.3. The molecule has 7 heteroatoms. The molecule has 0 saturated carbocycles. The molecule has 6 nitrogen and oxygen atoms in total. The van der Waals surface area contributed by atoms with Crippen LogP contribution in [0.4, 0.5) is 5.69 Å². The first-order valence-electron chi connectivity index (χ1n) is 6.64. The van der Waals surface area contributed by atoms with Gasteiger partial charge < -0.3 is 4.42 Å². The first kappa shape index (κ1) is 15.1. The number of non-ortho nitro benzene ring substituents is 1. The van der Waals surface area contributed by atoms with Gasteiger partial charge in [0, 0.05) is 28.2 Å². The largest absolute Gasteiger partial charge is 0.417 e. The molecule has 1 aromatic heterocycles. The van der Waals surface area contributed by atoms with Gasteiger partial charge in [-0.15, -0.1) is 10.2 Å². The van der Waals surface area contributed by atoms with Crippen molar-refractivity contribution in [1.82, 2.24) is 10.2 Å². The van der Waals surface area contributed by atoms with E-state index in [0.29, 0.717) is 11.8 Å². The Bertz CT molecular complexity index is 872. The van der Waals surface area contributed by atoms with Crippen LogP contribution in [0.5, 0.6) is 0 Å². The van der Waals surface area contributed by atoms with Crippen LogP contribution in [-0.4, -0.2) is 15.1 Å². The minimum absolute atomic E-state index is 0.0527. The molecule has 3 rings (SSSR count). The second kappa shape index (κ2) is 6.53. The quantitative estimate of drug-likeness (QED) is 0.495. The van der Waals surface area contributed by atoms with Gasteiger partial charge in [-0.3, -0.25) is 10.1 Å². The first-order valence-corrected chi connectivity index (χ1v) is 7.43. The van der Waals surface area contributed by atoms with E-state index in [4.69, 9.17) is 4.42 Å². The lowest BCUT2D eigenvalue weighted by Gasteiger charge is -1.94. The number of hydrogen-bond acceptors (Lipinski definition) is 5. The van der Waals surface area contributed by atoms with Gasteiger partial charge >= 0.3 is 0 Å². The van der Waals surface area contributed by atoms with E-state index < -0.39 is 4.92 Å². The Hall–Kier alpha value is -2.80. The van der Waals surface area contributed by atoms with Crippen molar-refractivity contribution in [3.63, 3.8) is 0 Å².